The van der Waals surface area contributed by atoms with Gasteiger partial charge in [-0.05, 0) is 38.0 Å². The molecule has 0 radical (unpaired) electrons. The lowest BCUT2D eigenvalue weighted by Gasteiger charge is -2.10. The minimum absolute atomic E-state index is 0.0212. The molecular weight excluding hydrogens is 388 g/mol. The fourth-order valence-electron chi connectivity index (χ4n) is 3.55. The molecule has 0 unspecified atom stereocenters. The van der Waals surface area contributed by atoms with Crippen LogP contribution in [0.3, 0.4) is 0 Å². The summed E-state index contributed by atoms with van der Waals surface area (Å²) in [6, 6.07) is 19.8. The number of aryl methyl sites for hydroxylation is 1. The first-order chi connectivity index (χ1) is 15.1. The van der Waals surface area contributed by atoms with Crippen LogP contribution in [0.4, 0.5) is 0 Å². The number of para-hydroxylation sites is 1. The third-order valence-corrected chi connectivity index (χ3v) is 5.27. The van der Waals surface area contributed by atoms with Crippen LogP contribution in [-0.2, 0) is 9.53 Å². The second-order valence-corrected chi connectivity index (χ2v) is 7.59. The van der Waals surface area contributed by atoms with Gasteiger partial charge in [0.2, 0.25) is 0 Å². The Morgan fingerprint density at radius 2 is 2.03 bits per heavy atom. The fraction of sp³-hybridized carbons (Fsp3) is 0.240. The number of rotatable bonds is 6. The predicted octanol–water partition coefficient (Wildman–Crippen LogP) is 4.05. The number of ether oxygens (including phenoxy) is 1. The molecule has 2 aromatic carbocycles. The quantitative estimate of drug-likeness (QED) is 0.489. The van der Waals surface area contributed by atoms with Gasteiger partial charge in [0, 0.05) is 30.5 Å². The van der Waals surface area contributed by atoms with Gasteiger partial charge in [0.25, 0.3) is 5.91 Å². The normalized spacial score (nSPS) is 16.1. The molecule has 31 heavy (non-hydrogen) atoms. The fourth-order valence-corrected chi connectivity index (χ4v) is 3.55. The molecule has 3 aromatic rings. The Balaban J connectivity index is 1.67. The van der Waals surface area contributed by atoms with Crippen LogP contribution in [0, 0.1) is 18.3 Å². The van der Waals surface area contributed by atoms with E-state index in [1.54, 1.807) is 10.8 Å². The molecule has 1 aliphatic heterocycles. The number of nitrogens with zero attached hydrogens (tertiary/aromatic N) is 3. The van der Waals surface area contributed by atoms with Gasteiger partial charge in [-0.1, -0.05) is 48.0 Å². The Hall–Kier alpha value is -3.69. The molecule has 1 aromatic heterocycles. The Labute approximate surface area is 181 Å². The van der Waals surface area contributed by atoms with E-state index in [-0.39, 0.29) is 11.7 Å². The molecule has 0 spiro atoms. The van der Waals surface area contributed by atoms with Gasteiger partial charge in [-0.2, -0.15) is 10.4 Å². The molecule has 0 bridgehead atoms. The average molecular weight is 412 g/mol. The maximum absolute atomic E-state index is 12.6. The number of carbonyl (C=O) groups is 1. The highest BCUT2D eigenvalue weighted by atomic mass is 16.5. The standard InChI is InChI=1S/C25H24N4O2/c1-18-9-11-19(12-10-18)24-21(17-29(28-24)22-6-3-2-4-7-22)14-20(15-26)25(30)27-16-23-8-5-13-31-23/h2-4,6-7,9-12,14,17,23H,5,8,13,16H2,1H3,(H,27,30)/b20-14+/t23-/m1/s1. The SMILES string of the molecule is Cc1ccc(-c2nn(-c3ccccc3)cc2/C=C(\C#N)C(=O)NC[C@H]2CCCO2)cc1. The molecule has 0 saturated carbocycles. The maximum Gasteiger partial charge on any atom is 0.262 e. The zero-order valence-corrected chi connectivity index (χ0v) is 17.4. The number of amides is 1. The van der Waals surface area contributed by atoms with Crippen LogP contribution in [0.1, 0.15) is 24.0 Å². The summed E-state index contributed by atoms with van der Waals surface area (Å²) in [6.45, 7) is 3.16. The van der Waals surface area contributed by atoms with Crippen LogP contribution in [0.2, 0.25) is 0 Å². The van der Waals surface area contributed by atoms with E-state index in [2.05, 4.69) is 5.32 Å². The summed E-state index contributed by atoms with van der Waals surface area (Å²) in [6.07, 6.45) is 5.39. The highest BCUT2D eigenvalue weighted by molar-refractivity contribution is 6.02. The van der Waals surface area contributed by atoms with Gasteiger partial charge >= 0.3 is 0 Å². The van der Waals surface area contributed by atoms with Crippen LogP contribution >= 0.6 is 0 Å². The molecule has 2 heterocycles. The first kappa shape index (κ1) is 20.6. The molecule has 1 saturated heterocycles. The van der Waals surface area contributed by atoms with E-state index >= 15 is 0 Å². The van der Waals surface area contributed by atoms with Gasteiger partial charge < -0.3 is 10.1 Å². The molecule has 1 amide bonds. The van der Waals surface area contributed by atoms with E-state index in [1.807, 2.05) is 73.8 Å². The number of nitriles is 1. The monoisotopic (exact) mass is 412 g/mol. The highest BCUT2D eigenvalue weighted by Gasteiger charge is 2.19. The number of benzene rings is 2. The van der Waals surface area contributed by atoms with Crippen LogP contribution in [0.25, 0.3) is 23.0 Å². The summed E-state index contributed by atoms with van der Waals surface area (Å²) in [5.74, 6) is -0.402. The summed E-state index contributed by atoms with van der Waals surface area (Å²) in [5.41, 5.74) is 4.43. The highest BCUT2D eigenvalue weighted by Crippen LogP contribution is 2.26. The first-order valence-corrected chi connectivity index (χ1v) is 10.4. The van der Waals surface area contributed by atoms with Crippen molar-refractivity contribution in [3.05, 3.63) is 77.5 Å². The second-order valence-electron chi connectivity index (χ2n) is 7.59. The first-order valence-electron chi connectivity index (χ1n) is 10.4. The Morgan fingerprint density at radius 3 is 2.71 bits per heavy atom. The van der Waals surface area contributed by atoms with Gasteiger partial charge in [-0.3, -0.25) is 4.79 Å². The molecule has 1 N–H and O–H groups in total. The number of aromatic nitrogens is 2. The predicted molar refractivity (Wildman–Crippen MR) is 119 cm³/mol. The zero-order chi connectivity index (χ0) is 21.6. The van der Waals surface area contributed by atoms with Crippen molar-refractivity contribution in [2.24, 2.45) is 0 Å². The maximum atomic E-state index is 12.6. The third kappa shape index (κ3) is 4.90. The van der Waals surface area contributed by atoms with Crippen molar-refractivity contribution >= 4 is 12.0 Å². The van der Waals surface area contributed by atoms with Crippen molar-refractivity contribution in [2.75, 3.05) is 13.2 Å². The molecule has 156 valence electrons. The molecule has 1 aliphatic rings. The number of hydrogen-bond donors (Lipinski definition) is 1. The largest absolute Gasteiger partial charge is 0.376 e. The van der Waals surface area contributed by atoms with Crippen LogP contribution < -0.4 is 5.32 Å². The lowest BCUT2D eigenvalue weighted by Crippen LogP contribution is -2.32. The number of hydrogen-bond acceptors (Lipinski definition) is 4. The van der Waals surface area contributed by atoms with Gasteiger partial charge in [0.05, 0.1) is 17.5 Å². The summed E-state index contributed by atoms with van der Waals surface area (Å²) in [5, 5.41) is 17.2. The van der Waals surface area contributed by atoms with Crippen molar-refractivity contribution in [2.45, 2.75) is 25.9 Å². The molecule has 1 fully saturated rings. The smallest absolute Gasteiger partial charge is 0.262 e. The molecule has 0 aliphatic carbocycles. The molecule has 4 rings (SSSR count). The number of carbonyl (C=O) groups excluding carboxylic acids is 1. The zero-order valence-electron chi connectivity index (χ0n) is 17.4. The lowest BCUT2D eigenvalue weighted by molar-refractivity contribution is -0.117. The van der Waals surface area contributed by atoms with E-state index in [4.69, 9.17) is 9.84 Å². The minimum Gasteiger partial charge on any atom is -0.376 e. The average Bonchev–Trinajstić information content (AvgIpc) is 3.47. The summed E-state index contributed by atoms with van der Waals surface area (Å²) in [7, 11) is 0. The van der Waals surface area contributed by atoms with E-state index in [0.29, 0.717) is 17.8 Å². The molecular formula is C25H24N4O2. The van der Waals surface area contributed by atoms with Crippen molar-refractivity contribution < 1.29 is 9.53 Å². The number of nitrogens with one attached hydrogen (secondary N) is 1. The minimum atomic E-state index is -0.402. The summed E-state index contributed by atoms with van der Waals surface area (Å²) < 4.78 is 7.31. The van der Waals surface area contributed by atoms with Crippen LogP contribution in [0.5, 0.6) is 0 Å². The van der Waals surface area contributed by atoms with Gasteiger partial charge in [0.15, 0.2) is 0 Å². The van der Waals surface area contributed by atoms with E-state index in [0.717, 1.165) is 36.3 Å². The van der Waals surface area contributed by atoms with Crippen LogP contribution in [0.15, 0.2) is 66.4 Å². The Kier molecular flexibility index (Phi) is 6.25. The third-order valence-electron chi connectivity index (χ3n) is 5.27. The van der Waals surface area contributed by atoms with Crippen molar-refractivity contribution in [1.82, 2.24) is 15.1 Å². The van der Waals surface area contributed by atoms with Crippen molar-refractivity contribution in [1.29, 1.82) is 5.26 Å². The van der Waals surface area contributed by atoms with E-state index in [9.17, 15) is 10.1 Å². The second kappa shape index (κ2) is 9.41. The lowest BCUT2D eigenvalue weighted by atomic mass is 10.0. The summed E-state index contributed by atoms with van der Waals surface area (Å²) in [4.78, 5) is 12.6. The van der Waals surface area contributed by atoms with Crippen LogP contribution in [-0.4, -0.2) is 34.9 Å². The molecule has 6 heteroatoms. The van der Waals surface area contributed by atoms with Gasteiger partial charge in [-0.15, -0.1) is 0 Å². The van der Waals surface area contributed by atoms with Crippen molar-refractivity contribution in [3.8, 4) is 23.0 Å². The Morgan fingerprint density at radius 1 is 1.26 bits per heavy atom. The van der Waals surface area contributed by atoms with E-state index < -0.39 is 5.91 Å². The molecule has 6 nitrogen and oxygen atoms in total. The van der Waals surface area contributed by atoms with E-state index in [1.165, 1.54) is 0 Å². The topological polar surface area (TPSA) is 79.9 Å². The van der Waals surface area contributed by atoms with Gasteiger partial charge in [0.1, 0.15) is 11.6 Å². The summed E-state index contributed by atoms with van der Waals surface area (Å²) >= 11 is 0. The Bertz CT molecular complexity index is 1120. The van der Waals surface area contributed by atoms with Gasteiger partial charge in [-0.25, -0.2) is 4.68 Å². The van der Waals surface area contributed by atoms with Crippen molar-refractivity contribution in [3.63, 3.8) is 0 Å². The molecule has 1 atom stereocenters.